The summed E-state index contributed by atoms with van der Waals surface area (Å²) in [6.45, 7) is 6.44. The molecule has 1 aromatic heterocycles. The predicted octanol–water partition coefficient (Wildman–Crippen LogP) is 2.90. The molecule has 0 saturated carbocycles. The number of benzene rings is 1. The van der Waals surface area contributed by atoms with Crippen LogP contribution in [0.15, 0.2) is 24.3 Å². The van der Waals surface area contributed by atoms with Crippen molar-refractivity contribution in [3.05, 3.63) is 51.8 Å². The number of halogens is 1. The third-order valence-corrected chi connectivity index (χ3v) is 3.93. The number of hydrogen-bond acceptors (Lipinski definition) is 3. The fraction of sp³-hybridized carbons (Fsp3) is 0.438. The lowest BCUT2D eigenvalue weighted by atomic mass is 10.1. The monoisotopic (exact) mass is 307 g/mol. The van der Waals surface area contributed by atoms with Crippen LogP contribution in [0.1, 0.15) is 36.4 Å². The molecule has 1 heterocycles. The van der Waals surface area contributed by atoms with Crippen LogP contribution in [0.4, 0.5) is 0 Å². The second kappa shape index (κ2) is 7.59. The fourth-order valence-corrected chi connectivity index (χ4v) is 2.69. The van der Waals surface area contributed by atoms with E-state index in [1.54, 1.807) is 0 Å². The van der Waals surface area contributed by atoms with Crippen LogP contribution in [0.25, 0.3) is 0 Å². The lowest BCUT2D eigenvalue weighted by Crippen LogP contribution is -2.16. The smallest absolute Gasteiger partial charge is 0.0863 e. The maximum absolute atomic E-state index is 9.15. The van der Waals surface area contributed by atoms with Gasteiger partial charge < -0.3 is 10.4 Å². The minimum atomic E-state index is 0.0716. The van der Waals surface area contributed by atoms with Crippen molar-refractivity contribution in [1.29, 1.82) is 0 Å². The first-order valence-electron chi connectivity index (χ1n) is 7.33. The van der Waals surface area contributed by atoms with E-state index >= 15 is 0 Å². The second-order valence-electron chi connectivity index (χ2n) is 4.96. The molecule has 114 valence electrons. The van der Waals surface area contributed by atoms with Crippen molar-refractivity contribution in [2.75, 3.05) is 0 Å². The van der Waals surface area contributed by atoms with Gasteiger partial charge in [-0.15, -0.1) is 0 Å². The van der Waals surface area contributed by atoms with E-state index in [2.05, 4.69) is 24.3 Å². The average Bonchev–Trinajstić information content (AvgIpc) is 2.83. The molecule has 0 radical (unpaired) electrons. The third kappa shape index (κ3) is 3.84. The Hall–Kier alpha value is -1.36. The van der Waals surface area contributed by atoms with E-state index in [0.29, 0.717) is 6.54 Å². The average molecular weight is 308 g/mol. The summed E-state index contributed by atoms with van der Waals surface area (Å²) in [5.74, 6) is 0. The van der Waals surface area contributed by atoms with E-state index < -0.39 is 0 Å². The van der Waals surface area contributed by atoms with Crippen molar-refractivity contribution in [2.45, 2.75) is 46.5 Å². The molecule has 5 heteroatoms. The van der Waals surface area contributed by atoms with Crippen LogP contribution in [0, 0.1) is 0 Å². The van der Waals surface area contributed by atoms with Gasteiger partial charge in [-0.05, 0) is 24.5 Å². The third-order valence-electron chi connectivity index (χ3n) is 3.49. The standard InChI is InChI=1S/C16H22ClN3O/c1-3-14-16(17)15(20(4-2)19-14)10-18-9-12-6-5-7-13(8-12)11-21/h5-8,18,21H,3-4,9-11H2,1-2H3. The van der Waals surface area contributed by atoms with Crippen molar-refractivity contribution < 1.29 is 5.11 Å². The van der Waals surface area contributed by atoms with Crippen molar-refractivity contribution in [2.24, 2.45) is 0 Å². The predicted molar refractivity (Wildman–Crippen MR) is 85.2 cm³/mol. The van der Waals surface area contributed by atoms with E-state index in [1.807, 2.05) is 28.9 Å². The van der Waals surface area contributed by atoms with Gasteiger partial charge in [0.1, 0.15) is 0 Å². The molecule has 0 aliphatic rings. The first kappa shape index (κ1) is 16.0. The second-order valence-corrected chi connectivity index (χ2v) is 5.34. The molecule has 1 aromatic carbocycles. The topological polar surface area (TPSA) is 50.1 Å². The zero-order chi connectivity index (χ0) is 15.2. The van der Waals surface area contributed by atoms with Crippen molar-refractivity contribution in [3.8, 4) is 0 Å². The number of nitrogens with one attached hydrogen (secondary N) is 1. The molecule has 4 nitrogen and oxygen atoms in total. The molecule has 0 atom stereocenters. The summed E-state index contributed by atoms with van der Waals surface area (Å²) in [6.07, 6.45) is 0.845. The van der Waals surface area contributed by atoms with Gasteiger partial charge in [0.05, 0.1) is 23.0 Å². The molecule has 2 aromatic rings. The molecule has 0 unspecified atom stereocenters. The Morgan fingerprint density at radius 2 is 2.00 bits per heavy atom. The van der Waals surface area contributed by atoms with Crippen molar-refractivity contribution >= 4 is 11.6 Å². The van der Waals surface area contributed by atoms with Gasteiger partial charge in [0.25, 0.3) is 0 Å². The molecular formula is C16H22ClN3O. The summed E-state index contributed by atoms with van der Waals surface area (Å²) in [7, 11) is 0. The quantitative estimate of drug-likeness (QED) is 0.827. The Morgan fingerprint density at radius 3 is 2.67 bits per heavy atom. The van der Waals surface area contributed by atoms with E-state index in [-0.39, 0.29) is 6.61 Å². The van der Waals surface area contributed by atoms with Gasteiger partial charge in [-0.3, -0.25) is 4.68 Å². The van der Waals surface area contributed by atoms with Crippen molar-refractivity contribution in [1.82, 2.24) is 15.1 Å². The molecule has 2 N–H and O–H groups in total. The highest BCUT2D eigenvalue weighted by Crippen LogP contribution is 2.21. The van der Waals surface area contributed by atoms with E-state index in [9.17, 15) is 0 Å². The molecule has 21 heavy (non-hydrogen) atoms. The Balaban J connectivity index is 2.01. The minimum Gasteiger partial charge on any atom is -0.392 e. The minimum absolute atomic E-state index is 0.0716. The lowest BCUT2D eigenvalue weighted by Gasteiger charge is -2.08. The van der Waals surface area contributed by atoms with Crippen LogP contribution < -0.4 is 5.32 Å². The molecule has 0 bridgehead atoms. The van der Waals surface area contributed by atoms with Gasteiger partial charge in [-0.2, -0.15) is 5.10 Å². The maximum atomic E-state index is 9.15. The number of aliphatic hydroxyl groups is 1. The van der Waals surface area contributed by atoms with Gasteiger partial charge in [-0.25, -0.2) is 0 Å². The number of aliphatic hydroxyl groups excluding tert-OH is 1. The summed E-state index contributed by atoms with van der Waals surface area (Å²) in [6, 6.07) is 7.92. The zero-order valence-electron chi connectivity index (χ0n) is 12.6. The van der Waals surface area contributed by atoms with Gasteiger partial charge >= 0.3 is 0 Å². The summed E-state index contributed by atoms with van der Waals surface area (Å²) < 4.78 is 1.96. The van der Waals surface area contributed by atoms with Crippen LogP contribution in [-0.2, 0) is 32.7 Å². The van der Waals surface area contributed by atoms with Gasteiger partial charge in [0.2, 0.25) is 0 Å². The molecule has 0 saturated heterocycles. The molecule has 2 rings (SSSR count). The van der Waals surface area contributed by atoms with Gasteiger partial charge in [-0.1, -0.05) is 42.8 Å². The lowest BCUT2D eigenvalue weighted by molar-refractivity contribution is 0.281. The summed E-state index contributed by atoms with van der Waals surface area (Å²) >= 11 is 6.38. The number of nitrogens with zero attached hydrogens (tertiary/aromatic N) is 2. The number of aryl methyl sites for hydroxylation is 2. The number of rotatable bonds is 7. The first-order chi connectivity index (χ1) is 10.2. The van der Waals surface area contributed by atoms with Crippen LogP contribution in [0.5, 0.6) is 0 Å². The van der Waals surface area contributed by atoms with E-state index in [1.165, 1.54) is 0 Å². The molecule has 0 aliphatic heterocycles. The summed E-state index contributed by atoms with van der Waals surface area (Å²) in [4.78, 5) is 0. The molecule has 0 fully saturated rings. The molecule has 0 spiro atoms. The zero-order valence-corrected chi connectivity index (χ0v) is 13.3. The Bertz CT molecular complexity index is 595. The highest BCUT2D eigenvalue weighted by atomic mass is 35.5. The largest absolute Gasteiger partial charge is 0.392 e. The highest BCUT2D eigenvalue weighted by Gasteiger charge is 2.13. The van der Waals surface area contributed by atoms with Gasteiger partial charge in [0.15, 0.2) is 0 Å². The fourth-order valence-electron chi connectivity index (χ4n) is 2.35. The molecular weight excluding hydrogens is 286 g/mol. The maximum Gasteiger partial charge on any atom is 0.0863 e. The Morgan fingerprint density at radius 1 is 1.24 bits per heavy atom. The SMILES string of the molecule is CCc1nn(CC)c(CNCc2cccc(CO)c2)c1Cl. The van der Waals surface area contributed by atoms with Crippen molar-refractivity contribution in [3.63, 3.8) is 0 Å². The molecule has 0 aliphatic carbocycles. The number of hydrogen-bond donors (Lipinski definition) is 2. The van der Waals surface area contributed by atoms with E-state index in [0.717, 1.165) is 47.0 Å². The van der Waals surface area contributed by atoms with Crippen LogP contribution in [-0.4, -0.2) is 14.9 Å². The Labute approximate surface area is 130 Å². The summed E-state index contributed by atoms with van der Waals surface area (Å²) in [5.41, 5.74) is 4.07. The first-order valence-corrected chi connectivity index (χ1v) is 7.70. The van der Waals surface area contributed by atoms with E-state index in [4.69, 9.17) is 16.7 Å². The normalized spacial score (nSPS) is 11.0. The van der Waals surface area contributed by atoms with Crippen LogP contribution >= 0.6 is 11.6 Å². The molecule has 0 amide bonds. The van der Waals surface area contributed by atoms with Crippen LogP contribution in [0.3, 0.4) is 0 Å². The number of aromatic nitrogens is 2. The van der Waals surface area contributed by atoms with Crippen LogP contribution in [0.2, 0.25) is 5.02 Å². The summed E-state index contributed by atoms with van der Waals surface area (Å²) in [5, 5.41) is 17.8. The highest BCUT2D eigenvalue weighted by molar-refractivity contribution is 6.31. The van der Waals surface area contributed by atoms with Gasteiger partial charge in [0, 0.05) is 19.6 Å². The Kier molecular flexibility index (Phi) is 5.79.